The van der Waals surface area contributed by atoms with Crippen LogP contribution in [0, 0.1) is 0 Å². The van der Waals surface area contributed by atoms with Gasteiger partial charge in [-0.15, -0.1) is 0 Å². The summed E-state index contributed by atoms with van der Waals surface area (Å²) in [7, 11) is 0. The first-order chi connectivity index (χ1) is 8.72. The normalized spacial score (nSPS) is 13.9. The lowest BCUT2D eigenvalue weighted by Gasteiger charge is -2.18. The molecule has 18 heavy (non-hydrogen) atoms. The number of benzene rings is 1. The molecule has 0 bridgehead atoms. The van der Waals surface area contributed by atoms with Crippen LogP contribution in [0.1, 0.15) is 35.7 Å². The van der Waals surface area contributed by atoms with Crippen molar-refractivity contribution in [3.05, 3.63) is 29.3 Å². The first-order valence-corrected chi connectivity index (χ1v) is 6.27. The standard InChI is InChI=1S/C14H17NO3/c1-2-15-14(17)9-18-13-8-4-5-10-11(13)6-3-7-12(10)16/h4-5,8H,2-3,6-7,9H2,1H3,(H,15,17). The largest absolute Gasteiger partial charge is 0.483 e. The Balaban J connectivity index is 2.12. The van der Waals surface area contributed by atoms with Gasteiger partial charge in [0.1, 0.15) is 5.75 Å². The Kier molecular flexibility index (Phi) is 3.97. The molecule has 1 aliphatic carbocycles. The molecule has 1 aliphatic rings. The molecule has 1 N–H and O–H groups in total. The number of nitrogens with one attached hydrogen (secondary N) is 1. The molecule has 4 heteroatoms. The highest BCUT2D eigenvalue weighted by Gasteiger charge is 2.20. The van der Waals surface area contributed by atoms with E-state index in [0.29, 0.717) is 18.7 Å². The molecule has 1 amide bonds. The number of amides is 1. The van der Waals surface area contributed by atoms with Crippen LogP contribution >= 0.6 is 0 Å². The predicted octanol–water partition coefficient (Wildman–Crippen LogP) is 1.72. The molecule has 0 heterocycles. The summed E-state index contributed by atoms with van der Waals surface area (Å²) in [5.74, 6) is 0.684. The molecule has 4 nitrogen and oxygen atoms in total. The summed E-state index contributed by atoms with van der Waals surface area (Å²) in [5.41, 5.74) is 1.69. The highest BCUT2D eigenvalue weighted by molar-refractivity contribution is 5.99. The lowest BCUT2D eigenvalue weighted by atomic mass is 9.90. The third kappa shape index (κ3) is 2.70. The second-order valence-electron chi connectivity index (χ2n) is 4.30. The first kappa shape index (κ1) is 12.6. The van der Waals surface area contributed by atoms with E-state index in [0.717, 1.165) is 24.0 Å². The molecular weight excluding hydrogens is 230 g/mol. The van der Waals surface area contributed by atoms with Gasteiger partial charge in [-0.25, -0.2) is 0 Å². The van der Waals surface area contributed by atoms with Gasteiger partial charge in [0.2, 0.25) is 0 Å². The summed E-state index contributed by atoms with van der Waals surface area (Å²) in [6.07, 6.45) is 2.30. The van der Waals surface area contributed by atoms with Gasteiger partial charge >= 0.3 is 0 Å². The van der Waals surface area contributed by atoms with Gasteiger partial charge in [-0.1, -0.05) is 12.1 Å². The summed E-state index contributed by atoms with van der Waals surface area (Å²) in [5, 5.41) is 2.67. The Labute approximate surface area is 106 Å². The van der Waals surface area contributed by atoms with Gasteiger partial charge in [0.25, 0.3) is 5.91 Å². The van der Waals surface area contributed by atoms with Gasteiger partial charge in [-0.2, -0.15) is 0 Å². The second-order valence-corrected chi connectivity index (χ2v) is 4.30. The van der Waals surface area contributed by atoms with Gasteiger partial charge < -0.3 is 10.1 Å². The number of Topliss-reactive ketones (excluding diaryl/α,β-unsaturated/α-hetero) is 1. The van der Waals surface area contributed by atoms with E-state index in [1.807, 2.05) is 19.1 Å². The van der Waals surface area contributed by atoms with Crippen molar-refractivity contribution in [1.29, 1.82) is 0 Å². The second kappa shape index (κ2) is 5.67. The Hall–Kier alpha value is -1.84. The molecule has 0 aliphatic heterocycles. The molecule has 0 saturated carbocycles. The number of fused-ring (bicyclic) bond motifs is 1. The summed E-state index contributed by atoms with van der Waals surface area (Å²) >= 11 is 0. The van der Waals surface area contributed by atoms with Crippen LogP contribution in [-0.2, 0) is 11.2 Å². The Morgan fingerprint density at radius 3 is 3.00 bits per heavy atom. The fraction of sp³-hybridized carbons (Fsp3) is 0.429. The van der Waals surface area contributed by atoms with Crippen LogP contribution in [0.4, 0.5) is 0 Å². The number of carbonyl (C=O) groups is 2. The lowest BCUT2D eigenvalue weighted by Crippen LogP contribution is -2.28. The third-order valence-electron chi connectivity index (χ3n) is 3.00. The third-order valence-corrected chi connectivity index (χ3v) is 3.00. The number of ether oxygens (including phenoxy) is 1. The summed E-state index contributed by atoms with van der Waals surface area (Å²) < 4.78 is 5.50. The van der Waals surface area contributed by atoms with E-state index < -0.39 is 0 Å². The number of rotatable bonds is 4. The molecule has 0 atom stereocenters. The van der Waals surface area contributed by atoms with Crippen LogP contribution in [-0.4, -0.2) is 24.8 Å². The average Bonchev–Trinajstić information content (AvgIpc) is 2.37. The van der Waals surface area contributed by atoms with Crippen LogP contribution in [0.25, 0.3) is 0 Å². The van der Waals surface area contributed by atoms with Gasteiger partial charge in [0.05, 0.1) is 0 Å². The van der Waals surface area contributed by atoms with Gasteiger partial charge in [-0.3, -0.25) is 9.59 Å². The quantitative estimate of drug-likeness (QED) is 0.881. The number of hydrogen-bond donors (Lipinski definition) is 1. The van der Waals surface area contributed by atoms with Crippen LogP contribution in [0.3, 0.4) is 0 Å². The van der Waals surface area contributed by atoms with E-state index in [4.69, 9.17) is 4.74 Å². The predicted molar refractivity (Wildman–Crippen MR) is 67.9 cm³/mol. The van der Waals surface area contributed by atoms with Crippen molar-refractivity contribution in [3.63, 3.8) is 0 Å². The lowest BCUT2D eigenvalue weighted by molar-refractivity contribution is -0.122. The molecule has 2 rings (SSSR count). The maximum absolute atomic E-state index is 11.7. The molecule has 0 aromatic heterocycles. The zero-order valence-corrected chi connectivity index (χ0v) is 10.5. The average molecular weight is 247 g/mol. The SMILES string of the molecule is CCNC(=O)COc1cccc2c1CCCC2=O. The first-order valence-electron chi connectivity index (χ1n) is 6.27. The van der Waals surface area contributed by atoms with Crippen molar-refractivity contribution >= 4 is 11.7 Å². The summed E-state index contributed by atoms with van der Waals surface area (Å²) in [4.78, 5) is 23.1. The molecule has 0 spiro atoms. The topological polar surface area (TPSA) is 55.4 Å². The molecular formula is C14H17NO3. The highest BCUT2D eigenvalue weighted by atomic mass is 16.5. The van der Waals surface area contributed by atoms with E-state index >= 15 is 0 Å². The highest BCUT2D eigenvalue weighted by Crippen LogP contribution is 2.29. The number of ketones is 1. The molecule has 0 radical (unpaired) electrons. The van der Waals surface area contributed by atoms with Crippen LogP contribution in [0.15, 0.2) is 18.2 Å². The zero-order chi connectivity index (χ0) is 13.0. The van der Waals surface area contributed by atoms with E-state index in [1.165, 1.54) is 0 Å². The molecule has 1 aromatic rings. The van der Waals surface area contributed by atoms with E-state index in [1.54, 1.807) is 6.07 Å². The zero-order valence-electron chi connectivity index (χ0n) is 10.5. The fourth-order valence-electron chi connectivity index (χ4n) is 2.17. The maximum Gasteiger partial charge on any atom is 0.257 e. The Bertz CT molecular complexity index is 468. The number of hydrogen-bond acceptors (Lipinski definition) is 3. The van der Waals surface area contributed by atoms with E-state index in [2.05, 4.69) is 5.32 Å². The van der Waals surface area contributed by atoms with Gasteiger partial charge in [0, 0.05) is 24.1 Å². The monoisotopic (exact) mass is 247 g/mol. The number of likely N-dealkylation sites (N-methyl/N-ethyl adjacent to an activating group) is 1. The van der Waals surface area contributed by atoms with Gasteiger partial charge in [0.15, 0.2) is 12.4 Å². The van der Waals surface area contributed by atoms with Crippen molar-refractivity contribution in [2.24, 2.45) is 0 Å². The van der Waals surface area contributed by atoms with Crippen molar-refractivity contribution in [3.8, 4) is 5.75 Å². The van der Waals surface area contributed by atoms with Crippen molar-refractivity contribution in [2.75, 3.05) is 13.2 Å². The van der Waals surface area contributed by atoms with Crippen LogP contribution < -0.4 is 10.1 Å². The smallest absolute Gasteiger partial charge is 0.257 e. The van der Waals surface area contributed by atoms with Crippen LogP contribution in [0.5, 0.6) is 5.75 Å². The Morgan fingerprint density at radius 2 is 2.22 bits per heavy atom. The molecule has 0 saturated heterocycles. The maximum atomic E-state index is 11.7. The van der Waals surface area contributed by atoms with E-state index in [9.17, 15) is 9.59 Å². The number of carbonyl (C=O) groups excluding carboxylic acids is 2. The van der Waals surface area contributed by atoms with Gasteiger partial charge in [-0.05, 0) is 25.8 Å². The van der Waals surface area contributed by atoms with Crippen LogP contribution in [0.2, 0.25) is 0 Å². The van der Waals surface area contributed by atoms with E-state index in [-0.39, 0.29) is 18.3 Å². The molecule has 96 valence electrons. The molecule has 1 aromatic carbocycles. The Morgan fingerprint density at radius 1 is 1.39 bits per heavy atom. The summed E-state index contributed by atoms with van der Waals surface area (Å²) in [6.45, 7) is 2.45. The van der Waals surface area contributed by atoms with Crippen molar-refractivity contribution in [1.82, 2.24) is 5.32 Å². The molecule has 0 unspecified atom stereocenters. The fourth-order valence-corrected chi connectivity index (χ4v) is 2.17. The van der Waals surface area contributed by atoms with Crippen molar-refractivity contribution in [2.45, 2.75) is 26.2 Å². The summed E-state index contributed by atoms with van der Waals surface area (Å²) in [6, 6.07) is 5.45. The minimum Gasteiger partial charge on any atom is -0.483 e. The molecule has 0 fully saturated rings. The van der Waals surface area contributed by atoms with Crippen molar-refractivity contribution < 1.29 is 14.3 Å². The minimum atomic E-state index is -0.141. The minimum absolute atomic E-state index is 0.00150.